The molecule has 0 spiro atoms. The van der Waals surface area contributed by atoms with E-state index < -0.39 is 0 Å². The summed E-state index contributed by atoms with van der Waals surface area (Å²) in [5.74, 6) is 2.06. The van der Waals surface area contributed by atoms with Gasteiger partial charge in [-0.3, -0.25) is 4.79 Å². The molecule has 0 bridgehead atoms. The molecule has 0 saturated heterocycles. The monoisotopic (exact) mass is 336 g/mol. The Morgan fingerprint density at radius 2 is 1.84 bits per heavy atom. The van der Waals surface area contributed by atoms with Crippen molar-refractivity contribution in [2.75, 3.05) is 13.7 Å². The molecule has 0 atom stereocenters. The van der Waals surface area contributed by atoms with Crippen LogP contribution in [0.25, 0.3) is 17.1 Å². The molecule has 0 aliphatic rings. The van der Waals surface area contributed by atoms with Gasteiger partial charge in [0.2, 0.25) is 5.91 Å². The molecule has 1 heterocycles. The highest BCUT2D eigenvalue weighted by atomic mass is 16.5. The number of para-hydroxylation sites is 2. The van der Waals surface area contributed by atoms with Crippen LogP contribution in [-0.4, -0.2) is 34.3 Å². The van der Waals surface area contributed by atoms with Gasteiger partial charge in [0, 0.05) is 25.5 Å². The average Bonchev–Trinajstić information content (AvgIpc) is 3.06. The van der Waals surface area contributed by atoms with Gasteiger partial charge in [-0.2, -0.15) is 0 Å². The molecule has 0 saturated carbocycles. The number of benzene rings is 2. The van der Waals surface area contributed by atoms with E-state index in [-0.39, 0.29) is 5.91 Å². The van der Waals surface area contributed by atoms with E-state index in [0.29, 0.717) is 24.5 Å². The highest BCUT2D eigenvalue weighted by Gasteiger charge is 2.15. The highest BCUT2D eigenvalue weighted by molar-refractivity contribution is 5.72. The molecule has 6 heteroatoms. The fraction of sp³-hybridized carbons (Fsp3) is 0.211. The first kappa shape index (κ1) is 16.7. The quantitative estimate of drug-likeness (QED) is 0.751. The lowest BCUT2D eigenvalue weighted by atomic mass is 10.2. The Labute approximate surface area is 146 Å². The molecular formula is C19H20N4O2. The van der Waals surface area contributed by atoms with Gasteiger partial charge < -0.3 is 10.1 Å². The smallest absolute Gasteiger partial charge is 0.216 e. The van der Waals surface area contributed by atoms with Crippen LogP contribution in [0.4, 0.5) is 0 Å². The first-order chi connectivity index (χ1) is 12.2. The van der Waals surface area contributed by atoms with E-state index in [1.807, 2.05) is 54.6 Å². The number of amides is 1. The molecular weight excluding hydrogens is 316 g/mol. The van der Waals surface area contributed by atoms with Gasteiger partial charge in [-0.05, 0) is 12.1 Å². The third-order valence-corrected chi connectivity index (χ3v) is 3.74. The number of carbonyl (C=O) groups is 1. The zero-order valence-electron chi connectivity index (χ0n) is 14.3. The van der Waals surface area contributed by atoms with Crippen molar-refractivity contribution < 1.29 is 9.53 Å². The topological polar surface area (TPSA) is 69.0 Å². The van der Waals surface area contributed by atoms with Crippen LogP contribution in [-0.2, 0) is 11.2 Å². The van der Waals surface area contributed by atoms with E-state index in [2.05, 4.69) is 15.4 Å². The van der Waals surface area contributed by atoms with Crippen LogP contribution in [0.1, 0.15) is 12.7 Å². The van der Waals surface area contributed by atoms with Crippen molar-refractivity contribution >= 4 is 5.91 Å². The van der Waals surface area contributed by atoms with Crippen LogP contribution in [0.15, 0.2) is 54.6 Å². The van der Waals surface area contributed by atoms with Crippen molar-refractivity contribution in [3.63, 3.8) is 0 Å². The molecule has 1 N–H and O–H groups in total. The van der Waals surface area contributed by atoms with Gasteiger partial charge in [-0.1, -0.05) is 42.5 Å². The average molecular weight is 336 g/mol. The van der Waals surface area contributed by atoms with Gasteiger partial charge in [0.1, 0.15) is 17.3 Å². The number of nitrogens with one attached hydrogen (secondary N) is 1. The third-order valence-electron chi connectivity index (χ3n) is 3.74. The molecule has 0 unspecified atom stereocenters. The Balaban J connectivity index is 2.02. The van der Waals surface area contributed by atoms with Gasteiger partial charge in [0.15, 0.2) is 5.82 Å². The normalized spacial score (nSPS) is 10.5. The van der Waals surface area contributed by atoms with Crippen molar-refractivity contribution in [1.82, 2.24) is 20.1 Å². The molecule has 6 nitrogen and oxygen atoms in total. The van der Waals surface area contributed by atoms with Crippen LogP contribution in [0.3, 0.4) is 0 Å². The maximum absolute atomic E-state index is 11.1. The standard InChI is InChI=1S/C19H20N4O2/c1-14(24)20-13-12-18-21-19(15-8-4-3-5-9-15)22-23(18)16-10-6-7-11-17(16)25-2/h3-11H,12-13H2,1-2H3,(H,20,24). The highest BCUT2D eigenvalue weighted by Crippen LogP contribution is 2.25. The number of carbonyl (C=O) groups excluding carboxylic acids is 1. The second-order valence-corrected chi connectivity index (χ2v) is 5.53. The summed E-state index contributed by atoms with van der Waals surface area (Å²) in [7, 11) is 1.63. The molecule has 0 fully saturated rings. The zero-order chi connectivity index (χ0) is 17.6. The fourth-order valence-electron chi connectivity index (χ4n) is 2.56. The van der Waals surface area contributed by atoms with Crippen LogP contribution in [0, 0.1) is 0 Å². The third kappa shape index (κ3) is 3.85. The van der Waals surface area contributed by atoms with Crippen molar-refractivity contribution in [3.8, 4) is 22.8 Å². The molecule has 25 heavy (non-hydrogen) atoms. The van der Waals surface area contributed by atoms with Gasteiger partial charge in [0.25, 0.3) is 0 Å². The molecule has 1 aromatic heterocycles. The van der Waals surface area contributed by atoms with Gasteiger partial charge in [-0.25, -0.2) is 9.67 Å². The summed E-state index contributed by atoms with van der Waals surface area (Å²) in [6, 6.07) is 17.5. The molecule has 0 radical (unpaired) electrons. The van der Waals surface area contributed by atoms with E-state index in [9.17, 15) is 4.79 Å². The maximum Gasteiger partial charge on any atom is 0.216 e. The number of ether oxygens (including phenoxy) is 1. The van der Waals surface area contributed by atoms with Gasteiger partial charge >= 0.3 is 0 Å². The first-order valence-electron chi connectivity index (χ1n) is 8.08. The Hall–Kier alpha value is -3.15. The number of methoxy groups -OCH3 is 1. The predicted molar refractivity (Wildman–Crippen MR) is 95.7 cm³/mol. The summed E-state index contributed by atoms with van der Waals surface area (Å²) in [4.78, 5) is 15.8. The minimum absolute atomic E-state index is 0.0633. The molecule has 3 rings (SSSR count). The molecule has 1 amide bonds. The number of hydrogen-bond donors (Lipinski definition) is 1. The summed E-state index contributed by atoms with van der Waals surface area (Å²) < 4.78 is 7.23. The lowest BCUT2D eigenvalue weighted by Crippen LogP contribution is -2.23. The fourth-order valence-corrected chi connectivity index (χ4v) is 2.56. The van der Waals surface area contributed by atoms with Gasteiger partial charge in [0.05, 0.1) is 7.11 Å². The number of rotatable bonds is 6. The molecule has 0 aliphatic heterocycles. The Morgan fingerprint density at radius 3 is 2.56 bits per heavy atom. The predicted octanol–water partition coefficient (Wildman–Crippen LogP) is 2.62. The summed E-state index contributed by atoms with van der Waals surface area (Å²) in [5, 5.41) is 7.47. The minimum atomic E-state index is -0.0633. The van der Waals surface area contributed by atoms with E-state index in [4.69, 9.17) is 4.74 Å². The second kappa shape index (κ2) is 7.61. The summed E-state index contributed by atoms with van der Waals surface area (Å²) in [6.07, 6.45) is 0.567. The summed E-state index contributed by atoms with van der Waals surface area (Å²) in [5.41, 5.74) is 1.76. The van der Waals surface area contributed by atoms with E-state index in [1.54, 1.807) is 11.8 Å². The lowest BCUT2D eigenvalue weighted by Gasteiger charge is -2.10. The molecule has 0 aliphatic carbocycles. The second-order valence-electron chi connectivity index (χ2n) is 5.53. The summed E-state index contributed by atoms with van der Waals surface area (Å²) >= 11 is 0. The van der Waals surface area contributed by atoms with Crippen LogP contribution >= 0.6 is 0 Å². The summed E-state index contributed by atoms with van der Waals surface area (Å²) in [6.45, 7) is 2.00. The SMILES string of the molecule is COc1ccccc1-n1nc(-c2ccccc2)nc1CCNC(C)=O. The van der Waals surface area contributed by atoms with Crippen LogP contribution in [0.2, 0.25) is 0 Å². The number of aromatic nitrogens is 3. The van der Waals surface area contributed by atoms with Crippen LogP contribution < -0.4 is 10.1 Å². The first-order valence-corrected chi connectivity index (χ1v) is 8.08. The largest absolute Gasteiger partial charge is 0.494 e. The Morgan fingerprint density at radius 1 is 1.12 bits per heavy atom. The molecule has 3 aromatic rings. The van der Waals surface area contributed by atoms with Crippen molar-refractivity contribution in [2.24, 2.45) is 0 Å². The van der Waals surface area contributed by atoms with E-state index >= 15 is 0 Å². The van der Waals surface area contributed by atoms with E-state index in [0.717, 1.165) is 17.1 Å². The zero-order valence-corrected chi connectivity index (χ0v) is 14.3. The Bertz CT molecular complexity index is 859. The minimum Gasteiger partial charge on any atom is -0.494 e. The van der Waals surface area contributed by atoms with Crippen molar-refractivity contribution in [1.29, 1.82) is 0 Å². The number of hydrogen-bond acceptors (Lipinski definition) is 4. The van der Waals surface area contributed by atoms with Crippen molar-refractivity contribution in [2.45, 2.75) is 13.3 Å². The molecule has 2 aromatic carbocycles. The molecule has 128 valence electrons. The van der Waals surface area contributed by atoms with Crippen molar-refractivity contribution in [3.05, 3.63) is 60.4 Å². The maximum atomic E-state index is 11.1. The lowest BCUT2D eigenvalue weighted by molar-refractivity contribution is -0.118. The Kier molecular flexibility index (Phi) is 5.09. The van der Waals surface area contributed by atoms with E-state index in [1.165, 1.54) is 6.92 Å². The van der Waals surface area contributed by atoms with Gasteiger partial charge in [-0.15, -0.1) is 5.10 Å². The number of nitrogens with zero attached hydrogens (tertiary/aromatic N) is 3. The van der Waals surface area contributed by atoms with Crippen LogP contribution in [0.5, 0.6) is 5.75 Å².